The van der Waals surface area contributed by atoms with Gasteiger partial charge >= 0.3 is 5.69 Å². The molecule has 1 heterocycles. The highest BCUT2D eigenvalue weighted by Crippen LogP contribution is 2.29. The van der Waals surface area contributed by atoms with Crippen LogP contribution in [0.1, 0.15) is 11.1 Å². The molecule has 30 heavy (non-hydrogen) atoms. The number of methoxy groups -OCH3 is 1. The molecule has 4 aromatic rings. The first kappa shape index (κ1) is 21.3. The van der Waals surface area contributed by atoms with Gasteiger partial charge in [-0.1, -0.05) is 24.3 Å². The van der Waals surface area contributed by atoms with E-state index in [1.165, 1.54) is 6.07 Å². The number of benzene rings is 3. The summed E-state index contributed by atoms with van der Waals surface area (Å²) in [5.41, 5.74) is 3.63. The van der Waals surface area contributed by atoms with Crippen LogP contribution < -0.4 is 32.9 Å². The Morgan fingerprint density at radius 2 is 1.77 bits per heavy atom. The van der Waals surface area contributed by atoms with Crippen molar-refractivity contribution < 1.29 is 26.3 Å². The molecule has 0 saturated heterocycles. The molecule has 8 heteroatoms. The molecule has 6 nitrogen and oxygen atoms in total. The quantitative estimate of drug-likeness (QED) is 0.413. The molecule has 4 rings (SSSR count). The van der Waals surface area contributed by atoms with E-state index in [2.05, 4.69) is 15.3 Å². The largest absolute Gasteiger partial charge is 1.00 e. The molecule has 0 spiro atoms. The van der Waals surface area contributed by atoms with Crippen LogP contribution in [0.15, 0.2) is 65.5 Å². The SMILES string of the molecule is COc1cc(CNc2ccc3[nH]c(=O)[nH]c3c2)ccc1OCc1ccccc1F.[Cl-]. The number of hydrogen-bond donors (Lipinski definition) is 3. The minimum Gasteiger partial charge on any atom is -1.00 e. The third-order valence-corrected chi connectivity index (χ3v) is 4.58. The molecule has 0 radical (unpaired) electrons. The minimum atomic E-state index is -0.298. The Kier molecular flexibility index (Phi) is 6.64. The molecule has 0 unspecified atom stereocenters. The van der Waals surface area contributed by atoms with Gasteiger partial charge in [-0.2, -0.15) is 0 Å². The first-order valence-electron chi connectivity index (χ1n) is 9.11. The summed E-state index contributed by atoms with van der Waals surface area (Å²) in [5.74, 6) is 0.824. The van der Waals surface area contributed by atoms with Crippen LogP contribution in [0.3, 0.4) is 0 Å². The van der Waals surface area contributed by atoms with Gasteiger partial charge in [0.25, 0.3) is 0 Å². The van der Waals surface area contributed by atoms with E-state index >= 15 is 0 Å². The average molecular weight is 429 g/mol. The van der Waals surface area contributed by atoms with Crippen molar-refractivity contribution in [2.24, 2.45) is 0 Å². The molecule has 0 atom stereocenters. The van der Waals surface area contributed by atoms with Gasteiger partial charge in [0.15, 0.2) is 11.5 Å². The maximum absolute atomic E-state index is 13.8. The zero-order valence-corrected chi connectivity index (χ0v) is 16.9. The highest BCUT2D eigenvalue weighted by atomic mass is 35.5. The van der Waals surface area contributed by atoms with Crippen molar-refractivity contribution in [2.45, 2.75) is 13.2 Å². The summed E-state index contributed by atoms with van der Waals surface area (Å²) >= 11 is 0. The van der Waals surface area contributed by atoms with E-state index in [9.17, 15) is 9.18 Å². The standard InChI is InChI=1S/C22H20FN3O3.ClH/c1-28-21-10-14(6-9-20(21)29-13-15-4-2-3-5-17(15)23)12-24-16-7-8-18-19(11-16)26-22(27)25-18;/h2-11,24H,12-13H2,1H3,(H2,25,26,27);1H/p-1. The third kappa shape index (κ3) is 4.75. The second kappa shape index (κ2) is 9.37. The maximum atomic E-state index is 13.8. The molecule has 156 valence electrons. The van der Waals surface area contributed by atoms with Crippen molar-refractivity contribution >= 4 is 16.7 Å². The fourth-order valence-electron chi connectivity index (χ4n) is 3.06. The van der Waals surface area contributed by atoms with Gasteiger partial charge in [0, 0.05) is 17.8 Å². The first-order valence-corrected chi connectivity index (χ1v) is 9.11. The molecule has 0 aliphatic heterocycles. The van der Waals surface area contributed by atoms with Crippen LogP contribution in [0.5, 0.6) is 11.5 Å². The molecule has 0 amide bonds. The Morgan fingerprint density at radius 1 is 0.967 bits per heavy atom. The Morgan fingerprint density at radius 3 is 2.57 bits per heavy atom. The van der Waals surface area contributed by atoms with Crippen molar-refractivity contribution in [3.8, 4) is 11.5 Å². The number of halogens is 2. The smallest absolute Gasteiger partial charge is 0.323 e. The second-order valence-electron chi connectivity index (χ2n) is 6.56. The molecule has 3 N–H and O–H groups in total. The number of fused-ring (bicyclic) bond motifs is 1. The van der Waals surface area contributed by atoms with Gasteiger partial charge in [-0.05, 0) is 42.0 Å². The van der Waals surface area contributed by atoms with Crippen molar-refractivity contribution in [1.29, 1.82) is 0 Å². The molecule has 1 aromatic heterocycles. The van der Waals surface area contributed by atoms with Crippen LogP contribution in [0, 0.1) is 5.82 Å². The number of nitrogens with one attached hydrogen (secondary N) is 3. The molecular formula is C22H20ClFN3O3-. The van der Waals surface area contributed by atoms with Gasteiger partial charge in [0.2, 0.25) is 0 Å². The van der Waals surface area contributed by atoms with Crippen LogP contribution in [0.2, 0.25) is 0 Å². The highest BCUT2D eigenvalue weighted by molar-refractivity contribution is 5.78. The summed E-state index contributed by atoms with van der Waals surface area (Å²) in [6.07, 6.45) is 0. The average Bonchev–Trinajstić information content (AvgIpc) is 3.11. The Hall–Kier alpha value is -3.45. The maximum Gasteiger partial charge on any atom is 0.323 e. The summed E-state index contributed by atoms with van der Waals surface area (Å²) in [7, 11) is 1.57. The van der Waals surface area contributed by atoms with E-state index in [1.54, 1.807) is 25.3 Å². The molecule has 0 aliphatic rings. The normalized spacial score (nSPS) is 10.5. The lowest BCUT2D eigenvalue weighted by molar-refractivity contribution is -0.00000716. The van der Waals surface area contributed by atoms with Crippen molar-refractivity contribution in [1.82, 2.24) is 9.97 Å². The Balaban J connectivity index is 0.00000256. The predicted molar refractivity (Wildman–Crippen MR) is 110 cm³/mol. The Bertz CT molecular complexity index is 1210. The van der Waals surface area contributed by atoms with Gasteiger partial charge in [0.05, 0.1) is 18.1 Å². The molecule has 3 aromatic carbocycles. The van der Waals surface area contributed by atoms with Crippen molar-refractivity contribution in [2.75, 3.05) is 12.4 Å². The van der Waals surface area contributed by atoms with E-state index in [4.69, 9.17) is 9.47 Å². The van der Waals surface area contributed by atoms with E-state index in [0.29, 0.717) is 23.6 Å². The number of imidazole rings is 1. The molecule has 0 saturated carbocycles. The van der Waals surface area contributed by atoms with Crippen molar-refractivity contribution in [3.05, 3.63) is 88.1 Å². The number of ether oxygens (including phenoxy) is 2. The van der Waals surface area contributed by atoms with Crippen LogP contribution in [0.25, 0.3) is 11.0 Å². The molecular weight excluding hydrogens is 409 g/mol. The van der Waals surface area contributed by atoms with Crippen molar-refractivity contribution in [3.63, 3.8) is 0 Å². The van der Waals surface area contributed by atoms with Crippen LogP contribution >= 0.6 is 0 Å². The number of aromatic nitrogens is 2. The summed E-state index contributed by atoms with van der Waals surface area (Å²) in [5, 5.41) is 3.32. The van der Waals surface area contributed by atoms with Gasteiger partial charge in [0.1, 0.15) is 12.4 Å². The van der Waals surface area contributed by atoms with Crippen LogP contribution in [0.4, 0.5) is 10.1 Å². The summed E-state index contributed by atoms with van der Waals surface area (Å²) < 4.78 is 24.9. The highest BCUT2D eigenvalue weighted by Gasteiger charge is 2.08. The van der Waals surface area contributed by atoms with Gasteiger partial charge in [-0.25, -0.2) is 9.18 Å². The minimum absolute atomic E-state index is 0. The molecule has 0 aliphatic carbocycles. The third-order valence-electron chi connectivity index (χ3n) is 4.58. The second-order valence-corrected chi connectivity index (χ2v) is 6.56. The van der Waals surface area contributed by atoms with E-state index in [-0.39, 0.29) is 30.5 Å². The fourth-order valence-corrected chi connectivity index (χ4v) is 3.06. The molecule has 0 fully saturated rings. The van der Waals surface area contributed by atoms with Gasteiger partial charge in [-0.15, -0.1) is 0 Å². The predicted octanol–water partition coefficient (Wildman–Crippen LogP) is 1.20. The zero-order valence-electron chi connectivity index (χ0n) is 16.2. The number of H-pyrrole nitrogens is 2. The van der Waals surface area contributed by atoms with E-state index in [0.717, 1.165) is 22.3 Å². The van der Waals surface area contributed by atoms with Gasteiger partial charge < -0.3 is 37.2 Å². The number of hydrogen-bond acceptors (Lipinski definition) is 4. The summed E-state index contributed by atoms with van der Waals surface area (Å²) in [6.45, 7) is 0.680. The number of anilines is 1. The fraction of sp³-hybridized carbons (Fsp3) is 0.136. The van der Waals surface area contributed by atoms with E-state index in [1.807, 2.05) is 36.4 Å². The first-order chi connectivity index (χ1) is 14.1. The van der Waals surface area contributed by atoms with Crippen LogP contribution in [-0.2, 0) is 13.2 Å². The molecule has 0 bridgehead atoms. The summed E-state index contributed by atoms with van der Waals surface area (Å²) in [4.78, 5) is 16.8. The Labute approximate surface area is 178 Å². The lowest BCUT2D eigenvalue weighted by Gasteiger charge is -2.13. The monoisotopic (exact) mass is 428 g/mol. The number of rotatable bonds is 7. The van der Waals surface area contributed by atoms with E-state index < -0.39 is 0 Å². The lowest BCUT2D eigenvalue weighted by atomic mass is 10.2. The topological polar surface area (TPSA) is 79.1 Å². The van der Waals surface area contributed by atoms with Gasteiger partial charge in [-0.3, -0.25) is 0 Å². The summed E-state index contributed by atoms with van der Waals surface area (Å²) in [6, 6.07) is 17.7. The number of aromatic amines is 2. The zero-order chi connectivity index (χ0) is 20.2. The lowest BCUT2D eigenvalue weighted by Crippen LogP contribution is -3.00. The van der Waals surface area contributed by atoms with Crippen LogP contribution in [-0.4, -0.2) is 17.1 Å².